The molecule has 0 fully saturated rings. The number of nitrogen functional groups attached to an aromatic ring is 1. The van der Waals surface area contributed by atoms with Crippen LogP contribution in [0.1, 0.15) is 29.9 Å². The predicted molar refractivity (Wildman–Crippen MR) is 174 cm³/mol. The molecule has 0 spiro atoms. The summed E-state index contributed by atoms with van der Waals surface area (Å²) in [6.45, 7) is 2.74. The van der Waals surface area contributed by atoms with E-state index in [1.54, 1.807) is 43.6 Å². The number of methoxy groups -OCH3 is 1. The van der Waals surface area contributed by atoms with Gasteiger partial charge in [-0.05, 0) is 75.1 Å². The third-order valence-electron chi connectivity index (χ3n) is 6.24. The van der Waals surface area contributed by atoms with Gasteiger partial charge >= 0.3 is 30.0 Å². The van der Waals surface area contributed by atoms with Crippen LogP contribution in [0.3, 0.4) is 0 Å². The van der Waals surface area contributed by atoms with E-state index in [4.69, 9.17) is 40.4 Å². The number of pyridine rings is 1. The lowest BCUT2D eigenvalue weighted by atomic mass is 10.0. The van der Waals surface area contributed by atoms with Crippen molar-refractivity contribution in [3.8, 4) is 17.3 Å². The highest BCUT2D eigenvalue weighted by Crippen LogP contribution is 2.34. The topological polar surface area (TPSA) is 222 Å². The van der Waals surface area contributed by atoms with E-state index in [9.17, 15) is 31.1 Å². The van der Waals surface area contributed by atoms with Crippen molar-refractivity contribution in [1.29, 1.82) is 5.41 Å². The highest BCUT2D eigenvalue weighted by molar-refractivity contribution is 5.95. The first-order chi connectivity index (χ1) is 24.1. The second-order valence-electron chi connectivity index (χ2n) is 10.7. The maximum atomic E-state index is 12.8. The zero-order chi connectivity index (χ0) is 39.4. The molecule has 15 nitrogen and oxygen atoms in total. The van der Waals surface area contributed by atoms with E-state index in [2.05, 4.69) is 25.3 Å². The van der Waals surface area contributed by atoms with Gasteiger partial charge in [0.05, 0.1) is 7.11 Å². The Kier molecular flexibility index (Phi) is 14.7. The van der Waals surface area contributed by atoms with Crippen molar-refractivity contribution in [1.82, 2.24) is 24.6 Å². The Morgan fingerprint density at radius 1 is 1.00 bits per heavy atom. The second kappa shape index (κ2) is 18.2. The van der Waals surface area contributed by atoms with Gasteiger partial charge in [0.15, 0.2) is 23.1 Å². The van der Waals surface area contributed by atoms with Crippen molar-refractivity contribution in [2.75, 3.05) is 33.1 Å². The summed E-state index contributed by atoms with van der Waals surface area (Å²) in [5.74, 6) is -3.58. The van der Waals surface area contributed by atoms with E-state index >= 15 is 0 Å². The molecule has 4 aromatic rings. The fourth-order valence-corrected chi connectivity index (χ4v) is 4.06. The molecule has 0 radical (unpaired) electrons. The number of aromatic nitrogens is 4. The number of likely N-dealkylation sites (N-methyl/N-ethyl adjacent to an activating group) is 1. The minimum Gasteiger partial charge on any atom is -0.493 e. The van der Waals surface area contributed by atoms with E-state index in [1.165, 1.54) is 4.68 Å². The molecule has 2 aromatic heterocycles. The maximum Gasteiger partial charge on any atom is 0.490 e. The molecule has 0 saturated heterocycles. The molecule has 0 aliphatic rings. The fourth-order valence-electron chi connectivity index (χ4n) is 4.06. The number of carboxylic acids is 2. The number of anilines is 1. The number of alkyl halides is 6. The number of nitrogens with one attached hydrogen (secondary N) is 3. The van der Waals surface area contributed by atoms with Crippen LogP contribution in [0.4, 0.5) is 32.0 Å². The molecule has 2 heterocycles. The molecule has 7 N–H and O–H groups in total. The highest BCUT2D eigenvalue weighted by atomic mass is 19.4. The number of amidine groups is 1. The number of nitrogens with zero attached hydrogens (tertiary/aromatic N) is 4. The molecule has 2 atom stereocenters. The number of nitrogens with two attached hydrogens (primary N) is 1. The van der Waals surface area contributed by atoms with E-state index in [-0.39, 0.29) is 11.9 Å². The lowest BCUT2D eigenvalue weighted by molar-refractivity contribution is -0.193. The van der Waals surface area contributed by atoms with Gasteiger partial charge in [-0.1, -0.05) is 12.1 Å². The molecule has 282 valence electrons. The van der Waals surface area contributed by atoms with Gasteiger partial charge in [0.2, 0.25) is 0 Å². The molecule has 0 saturated carbocycles. The molecule has 52 heavy (non-hydrogen) atoms. The van der Waals surface area contributed by atoms with Crippen molar-refractivity contribution in [2.24, 2.45) is 5.73 Å². The summed E-state index contributed by atoms with van der Waals surface area (Å²) in [5, 5.41) is 29.9. The number of H-pyrrole nitrogens is 1. The number of halogens is 6. The van der Waals surface area contributed by atoms with Crippen molar-refractivity contribution in [3.05, 3.63) is 94.3 Å². The second-order valence-corrected chi connectivity index (χ2v) is 10.7. The molecule has 0 bridgehead atoms. The zero-order valence-electron chi connectivity index (χ0n) is 27.8. The first-order valence-electron chi connectivity index (χ1n) is 14.5. The third kappa shape index (κ3) is 13.0. The fraction of sp³-hybridized carbons (Fsp3) is 0.290. The average Bonchev–Trinajstić information content (AvgIpc) is 3.44. The van der Waals surface area contributed by atoms with Crippen LogP contribution in [0.5, 0.6) is 11.5 Å². The van der Waals surface area contributed by atoms with Crippen LogP contribution >= 0.6 is 0 Å². The summed E-state index contributed by atoms with van der Waals surface area (Å²) >= 11 is 0. The molecular formula is C31H34F6N8O7. The van der Waals surface area contributed by atoms with Crippen LogP contribution < -0.4 is 26.2 Å². The third-order valence-corrected chi connectivity index (χ3v) is 6.24. The van der Waals surface area contributed by atoms with Crippen LogP contribution in [-0.4, -0.2) is 98.8 Å². The molecule has 4 rings (SSSR count). The summed E-state index contributed by atoms with van der Waals surface area (Å²) in [7, 11) is 5.57. The van der Waals surface area contributed by atoms with Crippen LogP contribution in [-0.2, 0) is 9.59 Å². The van der Waals surface area contributed by atoms with Crippen LogP contribution in [0.25, 0.3) is 5.82 Å². The molecule has 0 amide bonds. The van der Waals surface area contributed by atoms with Gasteiger partial charge in [-0.2, -0.15) is 31.0 Å². The molecular weight excluding hydrogens is 710 g/mol. The van der Waals surface area contributed by atoms with Crippen LogP contribution in [0.2, 0.25) is 0 Å². The number of aliphatic carboxylic acids is 2. The van der Waals surface area contributed by atoms with Crippen LogP contribution in [0, 0.1) is 5.41 Å². The van der Waals surface area contributed by atoms with E-state index in [0.29, 0.717) is 28.7 Å². The summed E-state index contributed by atoms with van der Waals surface area (Å²) in [4.78, 5) is 39.8. The quantitative estimate of drug-likeness (QED) is 0.0728. The summed E-state index contributed by atoms with van der Waals surface area (Å²) < 4.78 is 76.5. The zero-order valence-corrected chi connectivity index (χ0v) is 27.8. The summed E-state index contributed by atoms with van der Waals surface area (Å²) in [6, 6.07) is 17.4. The number of hydrogen-bond acceptors (Lipinski definition) is 10. The van der Waals surface area contributed by atoms with Gasteiger partial charge < -0.3 is 35.6 Å². The van der Waals surface area contributed by atoms with Crippen LogP contribution in [0.15, 0.2) is 71.7 Å². The number of aromatic amines is 1. The predicted octanol–water partition coefficient (Wildman–Crippen LogP) is 4.05. The lowest BCUT2D eigenvalue weighted by Gasteiger charge is -2.22. The molecule has 2 aromatic carbocycles. The van der Waals surface area contributed by atoms with E-state index < -0.39 is 36.0 Å². The van der Waals surface area contributed by atoms with E-state index in [1.807, 2.05) is 51.4 Å². The van der Waals surface area contributed by atoms with Gasteiger partial charge in [0, 0.05) is 24.0 Å². The van der Waals surface area contributed by atoms with Gasteiger partial charge in [-0.25, -0.2) is 19.4 Å². The smallest absolute Gasteiger partial charge is 0.490 e. The first-order valence-corrected chi connectivity index (χ1v) is 14.5. The molecule has 0 aliphatic heterocycles. The number of hydrogen-bond donors (Lipinski definition) is 6. The minimum atomic E-state index is -5.08. The lowest BCUT2D eigenvalue weighted by Crippen LogP contribution is -2.28. The minimum absolute atomic E-state index is 0.0182. The van der Waals surface area contributed by atoms with Crippen molar-refractivity contribution >= 4 is 23.5 Å². The number of carbonyl (C=O) groups is 2. The Labute approximate surface area is 291 Å². The SMILES string of the molecule is COc1cc(C(Nc2ccc(C(=N)N)cc2)c2nn(-c3ccccn3)c(=O)[nH]2)ccc1OC(C)CN(C)C.O=C(O)C(F)(F)F.O=C(O)C(F)(F)F. The Bertz CT molecular complexity index is 1820. The monoisotopic (exact) mass is 744 g/mol. The van der Waals surface area contributed by atoms with Gasteiger partial charge in [-0.15, -0.1) is 5.10 Å². The van der Waals surface area contributed by atoms with Gasteiger partial charge in [-0.3, -0.25) is 10.4 Å². The maximum absolute atomic E-state index is 12.8. The molecule has 21 heteroatoms. The Morgan fingerprint density at radius 2 is 1.58 bits per heavy atom. The van der Waals surface area contributed by atoms with Gasteiger partial charge in [0.1, 0.15) is 18.0 Å². The summed E-state index contributed by atoms with van der Waals surface area (Å²) in [6.07, 6.45) is -8.62. The van der Waals surface area contributed by atoms with Crippen molar-refractivity contribution in [3.63, 3.8) is 0 Å². The average molecular weight is 745 g/mol. The normalized spacial score (nSPS) is 12.3. The molecule has 0 aliphatic carbocycles. The van der Waals surface area contributed by atoms with Gasteiger partial charge in [0.25, 0.3) is 0 Å². The number of rotatable bonds is 11. The standard InChI is InChI=1S/C27H32N8O3.2C2HF3O2/c1-17(16-34(2)3)38-21-13-10-19(15-22(21)37-4)24(31-20-11-8-18(9-12-20)25(28)29)26-32-27(36)35(33-26)23-7-5-6-14-30-23;2*3-2(4,5)1(6)7/h5-15,17,24,31H,16H2,1-4H3,(H3,28,29)(H,32,33,36);2*(H,6,7). The highest BCUT2D eigenvalue weighted by Gasteiger charge is 2.39. The Hall–Kier alpha value is -6.12. The molecule has 2 unspecified atom stereocenters. The Morgan fingerprint density at radius 3 is 2.04 bits per heavy atom. The largest absolute Gasteiger partial charge is 0.493 e. The van der Waals surface area contributed by atoms with Crippen molar-refractivity contribution in [2.45, 2.75) is 31.4 Å². The van der Waals surface area contributed by atoms with E-state index in [0.717, 1.165) is 17.8 Å². The number of ether oxygens (including phenoxy) is 2. The number of carboxylic acid groups (broad SMARTS) is 2. The Balaban J connectivity index is 0.000000564. The first kappa shape index (κ1) is 42.0. The van der Waals surface area contributed by atoms with Crippen molar-refractivity contribution < 1.29 is 55.6 Å². The summed E-state index contributed by atoms with van der Waals surface area (Å²) in [5.41, 5.74) is 7.32. The number of benzene rings is 2.